The van der Waals surface area contributed by atoms with Gasteiger partial charge in [-0.2, -0.15) is 0 Å². The van der Waals surface area contributed by atoms with Crippen LogP contribution in [-0.4, -0.2) is 31.1 Å². The molecule has 0 aliphatic carbocycles. The van der Waals surface area contributed by atoms with Gasteiger partial charge in [-0.05, 0) is 23.6 Å². The summed E-state index contributed by atoms with van der Waals surface area (Å²) in [6.07, 6.45) is 0. The third kappa shape index (κ3) is 3.51. The summed E-state index contributed by atoms with van der Waals surface area (Å²) in [5.74, 6) is 1.36. The van der Waals surface area contributed by atoms with Crippen molar-refractivity contribution in [3.63, 3.8) is 0 Å². The minimum atomic E-state index is 0. The largest absolute Gasteiger partial charge is 0.497 e. The normalized spacial score (nSPS) is 23.8. The Morgan fingerprint density at radius 1 is 1.44 bits per heavy atom. The first-order valence-electron chi connectivity index (χ1n) is 5.90. The number of halogens is 2. The van der Waals surface area contributed by atoms with E-state index < -0.39 is 0 Å². The Labute approximate surface area is 120 Å². The van der Waals surface area contributed by atoms with Crippen LogP contribution in [0.3, 0.4) is 0 Å². The quantitative estimate of drug-likeness (QED) is 0.930. The topological polar surface area (TPSA) is 38.5 Å². The van der Waals surface area contributed by atoms with Crippen LogP contribution in [0.15, 0.2) is 18.2 Å². The lowest BCUT2D eigenvalue weighted by atomic mass is 10.1. The average molecular weight is 291 g/mol. The number of ether oxygens (including phenoxy) is 1. The zero-order chi connectivity index (χ0) is 12.4. The number of likely N-dealkylation sites (tertiary alicyclic amines) is 1. The van der Waals surface area contributed by atoms with Crippen molar-refractivity contribution in [3.8, 4) is 5.75 Å². The molecule has 1 aliphatic heterocycles. The molecule has 0 spiro atoms. The molecule has 102 valence electrons. The Morgan fingerprint density at radius 2 is 2.17 bits per heavy atom. The molecule has 0 saturated carbocycles. The van der Waals surface area contributed by atoms with Crippen LogP contribution in [0.5, 0.6) is 5.75 Å². The summed E-state index contributed by atoms with van der Waals surface area (Å²) < 4.78 is 5.14. The van der Waals surface area contributed by atoms with E-state index in [0.717, 1.165) is 36.0 Å². The second kappa shape index (κ2) is 6.62. The lowest BCUT2D eigenvalue weighted by Crippen LogP contribution is -2.28. The average Bonchev–Trinajstić information content (AvgIpc) is 2.61. The van der Waals surface area contributed by atoms with Gasteiger partial charge in [0.05, 0.1) is 7.11 Å². The summed E-state index contributed by atoms with van der Waals surface area (Å²) in [5, 5.41) is 0.762. The maximum absolute atomic E-state index is 6.22. The zero-order valence-corrected chi connectivity index (χ0v) is 12.3. The van der Waals surface area contributed by atoms with E-state index in [0.29, 0.717) is 5.92 Å². The smallest absolute Gasteiger partial charge is 0.120 e. The molecule has 1 saturated heterocycles. The van der Waals surface area contributed by atoms with Crippen LogP contribution in [0.1, 0.15) is 12.5 Å². The van der Waals surface area contributed by atoms with E-state index in [1.165, 1.54) is 0 Å². The van der Waals surface area contributed by atoms with E-state index in [9.17, 15) is 0 Å². The van der Waals surface area contributed by atoms with Crippen LogP contribution < -0.4 is 10.5 Å². The number of nitrogens with two attached hydrogens (primary N) is 1. The number of hydrogen-bond acceptors (Lipinski definition) is 3. The first-order valence-corrected chi connectivity index (χ1v) is 6.28. The van der Waals surface area contributed by atoms with Crippen molar-refractivity contribution in [2.24, 2.45) is 11.7 Å². The summed E-state index contributed by atoms with van der Waals surface area (Å²) in [7, 11) is 1.65. The minimum Gasteiger partial charge on any atom is -0.497 e. The number of hydrogen-bond donors (Lipinski definition) is 1. The Hall–Kier alpha value is -0.480. The molecule has 5 heteroatoms. The second-order valence-electron chi connectivity index (χ2n) is 4.79. The van der Waals surface area contributed by atoms with Crippen molar-refractivity contribution in [3.05, 3.63) is 28.8 Å². The molecular weight excluding hydrogens is 271 g/mol. The van der Waals surface area contributed by atoms with Crippen LogP contribution in [0.4, 0.5) is 0 Å². The Morgan fingerprint density at radius 3 is 2.67 bits per heavy atom. The summed E-state index contributed by atoms with van der Waals surface area (Å²) in [6.45, 7) is 5.05. The van der Waals surface area contributed by atoms with Crippen molar-refractivity contribution >= 4 is 24.0 Å². The monoisotopic (exact) mass is 290 g/mol. The summed E-state index contributed by atoms with van der Waals surface area (Å²) in [5.41, 5.74) is 7.14. The number of benzene rings is 1. The lowest BCUT2D eigenvalue weighted by Gasteiger charge is -2.16. The standard InChI is InChI=1S/C13H19ClN2O.ClH/c1-9-6-16(8-13(9)15)7-10-3-4-11(17-2)5-12(10)14;/h3-5,9,13H,6-8,15H2,1-2H3;1H. The molecular formula is C13H20Cl2N2O. The minimum absolute atomic E-state index is 0. The summed E-state index contributed by atoms with van der Waals surface area (Å²) in [6, 6.07) is 6.11. The number of nitrogens with zero attached hydrogens (tertiary/aromatic N) is 1. The van der Waals surface area contributed by atoms with Gasteiger partial charge in [-0.3, -0.25) is 4.90 Å². The molecule has 0 aromatic heterocycles. The molecule has 0 amide bonds. The van der Waals surface area contributed by atoms with Gasteiger partial charge in [0.25, 0.3) is 0 Å². The first kappa shape index (κ1) is 15.6. The van der Waals surface area contributed by atoms with Crippen LogP contribution in [0.25, 0.3) is 0 Å². The third-order valence-electron chi connectivity index (χ3n) is 3.40. The van der Waals surface area contributed by atoms with Crippen molar-refractivity contribution in [1.29, 1.82) is 0 Å². The molecule has 1 heterocycles. The molecule has 1 aliphatic rings. The fourth-order valence-electron chi connectivity index (χ4n) is 2.25. The van der Waals surface area contributed by atoms with E-state index in [1.54, 1.807) is 7.11 Å². The highest BCUT2D eigenvalue weighted by Crippen LogP contribution is 2.25. The molecule has 1 aromatic rings. The molecule has 2 unspecified atom stereocenters. The second-order valence-corrected chi connectivity index (χ2v) is 5.20. The van der Waals surface area contributed by atoms with E-state index in [4.69, 9.17) is 22.1 Å². The highest BCUT2D eigenvalue weighted by Gasteiger charge is 2.26. The Bertz CT molecular complexity index is 391. The maximum atomic E-state index is 6.22. The summed E-state index contributed by atoms with van der Waals surface area (Å²) in [4.78, 5) is 2.35. The van der Waals surface area contributed by atoms with Crippen molar-refractivity contribution in [2.75, 3.05) is 20.2 Å². The molecule has 0 bridgehead atoms. The van der Waals surface area contributed by atoms with Gasteiger partial charge >= 0.3 is 0 Å². The van der Waals surface area contributed by atoms with Gasteiger partial charge in [-0.15, -0.1) is 12.4 Å². The molecule has 2 N–H and O–H groups in total. The van der Waals surface area contributed by atoms with Gasteiger partial charge in [-0.1, -0.05) is 24.6 Å². The molecule has 2 atom stereocenters. The van der Waals surface area contributed by atoms with Crippen LogP contribution in [0.2, 0.25) is 5.02 Å². The van der Waals surface area contributed by atoms with Gasteiger partial charge in [-0.25, -0.2) is 0 Å². The van der Waals surface area contributed by atoms with Gasteiger partial charge in [0, 0.05) is 30.7 Å². The SMILES string of the molecule is COc1ccc(CN2CC(C)C(N)C2)c(Cl)c1.Cl. The maximum Gasteiger partial charge on any atom is 0.120 e. The molecule has 0 radical (unpaired) electrons. The highest BCUT2D eigenvalue weighted by atomic mass is 35.5. The van der Waals surface area contributed by atoms with E-state index in [1.807, 2.05) is 18.2 Å². The van der Waals surface area contributed by atoms with Gasteiger partial charge in [0.15, 0.2) is 0 Å². The zero-order valence-electron chi connectivity index (χ0n) is 10.7. The number of methoxy groups -OCH3 is 1. The van der Waals surface area contributed by atoms with E-state index in [-0.39, 0.29) is 18.4 Å². The van der Waals surface area contributed by atoms with Crippen molar-refractivity contribution in [1.82, 2.24) is 4.90 Å². The molecule has 18 heavy (non-hydrogen) atoms. The van der Waals surface area contributed by atoms with Gasteiger partial charge in [0.2, 0.25) is 0 Å². The Balaban J connectivity index is 0.00000162. The predicted octanol–water partition coefficient (Wildman–Crippen LogP) is 2.55. The van der Waals surface area contributed by atoms with Crippen molar-refractivity contribution in [2.45, 2.75) is 19.5 Å². The molecule has 1 fully saturated rings. The first-order chi connectivity index (χ1) is 8.10. The highest BCUT2D eigenvalue weighted by molar-refractivity contribution is 6.31. The molecule has 3 nitrogen and oxygen atoms in total. The number of rotatable bonds is 3. The Kier molecular flexibility index (Phi) is 5.73. The van der Waals surface area contributed by atoms with E-state index in [2.05, 4.69) is 11.8 Å². The van der Waals surface area contributed by atoms with E-state index >= 15 is 0 Å². The van der Waals surface area contributed by atoms with Gasteiger partial charge in [0.1, 0.15) is 5.75 Å². The lowest BCUT2D eigenvalue weighted by molar-refractivity contribution is 0.318. The summed E-state index contributed by atoms with van der Waals surface area (Å²) >= 11 is 6.22. The molecule has 1 aromatic carbocycles. The van der Waals surface area contributed by atoms with Crippen LogP contribution in [-0.2, 0) is 6.54 Å². The van der Waals surface area contributed by atoms with Crippen LogP contribution >= 0.6 is 24.0 Å². The van der Waals surface area contributed by atoms with Gasteiger partial charge < -0.3 is 10.5 Å². The van der Waals surface area contributed by atoms with Crippen molar-refractivity contribution < 1.29 is 4.74 Å². The fourth-order valence-corrected chi connectivity index (χ4v) is 2.48. The fraction of sp³-hybridized carbons (Fsp3) is 0.538. The van der Waals surface area contributed by atoms with Crippen LogP contribution in [0, 0.1) is 5.92 Å². The third-order valence-corrected chi connectivity index (χ3v) is 3.75. The predicted molar refractivity (Wildman–Crippen MR) is 77.7 cm³/mol. The molecule has 2 rings (SSSR count).